The molecule has 5 heteroatoms. The first kappa shape index (κ1) is 17.9. The third-order valence-electron chi connectivity index (χ3n) is 4.70. The summed E-state index contributed by atoms with van der Waals surface area (Å²) in [5.41, 5.74) is 0. The third-order valence-corrected chi connectivity index (χ3v) is 9.71. The summed E-state index contributed by atoms with van der Waals surface area (Å²) >= 11 is 0. The first-order chi connectivity index (χ1) is 11.9. The van der Waals surface area contributed by atoms with Crippen LogP contribution in [-0.2, 0) is 14.0 Å². The fourth-order valence-corrected chi connectivity index (χ4v) is 8.15. The molecular weight excluding hydrogens is 332 g/mol. The molecule has 1 fully saturated rings. The van der Waals surface area contributed by atoms with Crippen LogP contribution < -0.4 is 10.4 Å². The molecule has 1 heterocycles. The Labute approximate surface area is 149 Å². The Morgan fingerprint density at radius 3 is 1.84 bits per heavy atom. The monoisotopic (exact) mass is 356 g/mol. The van der Waals surface area contributed by atoms with Crippen molar-refractivity contribution in [1.29, 1.82) is 0 Å². The van der Waals surface area contributed by atoms with Crippen molar-refractivity contribution in [3.05, 3.63) is 60.7 Å². The molecule has 3 rings (SSSR count). The minimum atomic E-state index is -2.86. The summed E-state index contributed by atoms with van der Waals surface area (Å²) < 4.78 is 11.6. The van der Waals surface area contributed by atoms with Gasteiger partial charge in [0.25, 0.3) is 8.32 Å². The third kappa shape index (κ3) is 3.15. The Morgan fingerprint density at radius 1 is 1.00 bits per heavy atom. The number of ether oxygens (including phenoxy) is 1. The molecule has 1 aliphatic heterocycles. The van der Waals surface area contributed by atoms with Gasteiger partial charge in [-0.1, -0.05) is 81.4 Å². The van der Waals surface area contributed by atoms with Crippen molar-refractivity contribution in [2.24, 2.45) is 0 Å². The summed E-state index contributed by atoms with van der Waals surface area (Å²) in [6.45, 7) is 6.38. The van der Waals surface area contributed by atoms with E-state index in [0.29, 0.717) is 0 Å². The zero-order valence-corrected chi connectivity index (χ0v) is 15.8. The van der Waals surface area contributed by atoms with Gasteiger partial charge >= 0.3 is 5.97 Å². The average Bonchev–Trinajstić information content (AvgIpc) is 2.91. The Kier molecular flexibility index (Phi) is 4.82. The molecule has 4 nitrogen and oxygen atoms in total. The van der Waals surface area contributed by atoms with Crippen molar-refractivity contribution in [3.8, 4) is 0 Å². The number of carbonyl (C=O) groups excluding carboxylic acids is 1. The summed E-state index contributed by atoms with van der Waals surface area (Å²) in [6, 6.07) is 20.1. The number of hydrogen-bond acceptors (Lipinski definition) is 4. The molecule has 132 valence electrons. The molecule has 1 saturated heterocycles. The van der Waals surface area contributed by atoms with Gasteiger partial charge in [0, 0.05) is 0 Å². The normalized spacial score (nSPS) is 21.2. The zero-order chi connectivity index (χ0) is 18.1. The molecule has 0 aromatic heterocycles. The van der Waals surface area contributed by atoms with Crippen LogP contribution in [0.5, 0.6) is 0 Å². The van der Waals surface area contributed by atoms with E-state index in [1.165, 1.54) is 0 Å². The number of rotatable bonds is 4. The van der Waals surface area contributed by atoms with E-state index in [0.717, 1.165) is 10.4 Å². The second-order valence-corrected chi connectivity index (χ2v) is 11.7. The highest BCUT2D eigenvalue weighted by molar-refractivity contribution is 6.99. The van der Waals surface area contributed by atoms with E-state index in [1.54, 1.807) is 0 Å². The van der Waals surface area contributed by atoms with E-state index in [1.807, 2.05) is 36.4 Å². The molecule has 2 atom stereocenters. The number of cyclic esters (lactones) is 1. The molecule has 1 N–H and O–H groups in total. The Morgan fingerprint density at radius 2 is 1.48 bits per heavy atom. The highest BCUT2D eigenvalue weighted by atomic mass is 28.4. The fraction of sp³-hybridized carbons (Fsp3) is 0.350. The fourth-order valence-electron chi connectivity index (χ4n) is 3.50. The van der Waals surface area contributed by atoms with Crippen LogP contribution in [0.4, 0.5) is 0 Å². The van der Waals surface area contributed by atoms with Crippen LogP contribution in [0, 0.1) is 0 Å². The number of carbonyl (C=O) groups is 1. The van der Waals surface area contributed by atoms with E-state index >= 15 is 0 Å². The van der Waals surface area contributed by atoms with Crippen molar-refractivity contribution < 1.29 is 19.1 Å². The van der Waals surface area contributed by atoms with Crippen molar-refractivity contribution in [3.63, 3.8) is 0 Å². The molecule has 2 aromatic rings. The number of benzene rings is 2. The molecule has 0 bridgehead atoms. The van der Waals surface area contributed by atoms with Gasteiger partial charge in [-0.05, 0) is 15.4 Å². The number of aliphatic hydroxyl groups excluding tert-OH is 1. The Bertz CT molecular complexity index is 685. The Hall–Kier alpha value is -1.95. The molecule has 0 spiro atoms. The lowest BCUT2D eigenvalue weighted by Crippen LogP contribution is -2.68. The van der Waals surface area contributed by atoms with Crippen molar-refractivity contribution in [2.45, 2.75) is 38.0 Å². The van der Waals surface area contributed by atoms with Gasteiger partial charge < -0.3 is 14.3 Å². The van der Waals surface area contributed by atoms with Crippen LogP contribution >= 0.6 is 0 Å². The maximum atomic E-state index is 12.2. The minimum absolute atomic E-state index is 0.0122. The lowest BCUT2D eigenvalue weighted by molar-refractivity contribution is -0.144. The highest BCUT2D eigenvalue weighted by Crippen LogP contribution is 2.38. The van der Waals surface area contributed by atoms with E-state index in [-0.39, 0.29) is 11.6 Å². The molecule has 1 aliphatic rings. The maximum absolute atomic E-state index is 12.2. The van der Waals surface area contributed by atoms with Gasteiger partial charge in [-0.15, -0.1) is 0 Å². The molecule has 0 amide bonds. The van der Waals surface area contributed by atoms with E-state index in [2.05, 4.69) is 45.0 Å². The predicted molar refractivity (Wildman–Crippen MR) is 99.5 cm³/mol. The second-order valence-electron chi connectivity index (χ2n) is 7.40. The van der Waals surface area contributed by atoms with Crippen LogP contribution in [0.2, 0.25) is 5.04 Å². The highest BCUT2D eigenvalue weighted by Gasteiger charge is 2.54. The van der Waals surface area contributed by atoms with Crippen LogP contribution in [0.1, 0.15) is 20.8 Å². The van der Waals surface area contributed by atoms with Crippen LogP contribution in [0.3, 0.4) is 0 Å². The van der Waals surface area contributed by atoms with Crippen molar-refractivity contribution in [1.82, 2.24) is 0 Å². The predicted octanol–water partition coefficient (Wildman–Crippen LogP) is 1.85. The van der Waals surface area contributed by atoms with Gasteiger partial charge in [0.15, 0.2) is 6.10 Å². The maximum Gasteiger partial charge on any atom is 0.337 e. The Balaban J connectivity index is 2.20. The molecule has 0 radical (unpaired) electrons. The van der Waals surface area contributed by atoms with Gasteiger partial charge in [-0.3, -0.25) is 0 Å². The van der Waals surface area contributed by atoms with Crippen LogP contribution in [0.25, 0.3) is 0 Å². The standard InChI is InChI=1S/C20H24O4Si/c1-20(2,3)25(15-10-6-4-7-11-15,16-12-8-5-9-13-16)24-18-17(21)14-23-19(18)22/h4-13,17-18,21H,14H2,1-3H3/t17-,18-/m1/s1. The van der Waals surface area contributed by atoms with Crippen molar-refractivity contribution in [2.75, 3.05) is 6.61 Å². The first-order valence-corrected chi connectivity index (χ1v) is 10.4. The molecule has 25 heavy (non-hydrogen) atoms. The summed E-state index contributed by atoms with van der Waals surface area (Å²) in [5.74, 6) is -0.486. The lowest BCUT2D eigenvalue weighted by atomic mass is 10.2. The van der Waals surface area contributed by atoms with E-state index < -0.39 is 26.5 Å². The van der Waals surface area contributed by atoms with Gasteiger partial charge in [-0.2, -0.15) is 0 Å². The summed E-state index contributed by atoms with van der Waals surface area (Å²) in [4.78, 5) is 12.2. The van der Waals surface area contributed by atoms with Gasteiger partial charge in [0.05, 0.1) is 0 Å². The SMILES string of the molecule is CC(C)(C)[Si](O[C@H]1C(=O)OC[C@H]1O)(c1ccccc1)c1ccccc1. The summed E-state index contributed by atoms with van der Waals surface area (Å²) in [7, 11) is -2.86. The number of aliphatic hydroxyl groups is 1. The van der Waals surface area contributed by atoms with Crippen LogP contribution in [-0.4, -0.2) is 38.2 Å². The van der Waals surface area contributed by atoms with E-state index in [4.69, 9.17) is 9.16 Å². The summed E-state index contributed by atoms with van der Waals surface area (Å²) in [6.07, 6.45) is -1.89. The summed E-state index contributed by atoms with van der Waals surface area (Å²) in [5, 5.41) is 12.1. The van der Waals surface area contributed by atoms with Gasteiger partial charge in [0.1, 0.15) is 12.7 Å². The average molecular weight is 356 g/mol. The molecule has 0 unspecified atom stereocenters. The minimum Gasteiger partial charge on any atom is -0.461 e. The van der Waals surface area contributed by atoms with Gasteiger partial charge in [-0.25, -0.2) is 4.79 Å². The first-order valence-electron chi connectivity index (χ1n) is 8.50. The van der Waals surface area contributed by atoms with Crippen LogP contribution in [0.15, 0.2) is 60.7 Å². The second kappa shape index (κ2) is 6.75. The zero-order valence-electron chi connectivity index (χ0n) is 14.8. The smallest absolute Gasteiger partial charge is 0.337 e. The van der Waals surface area contributed by atoms with Gasteiger partial charge in [0.2, 0.25) is 0 Å². The lowest BCUT2D eigenvalue weighted by Gasteiger charge is -2.44. The van der Waals surface area contributed by atoms with E-state index in [9.17, 15) is 9.90 Å². The van der Waals surface area contributed by atoms with Crippen molar-refractivity contribution >= 4 is 24.7 Å². The molecule has 0 saturated carbocycles. The largest absolute Gasteiger partial charge is 0.461 e. The number of esters is 1. The molecular formula is C20H24O4Si. The topological polar surface area (TPSA) is 55.8 Å². The number of hydrogen-bond donors (Lipinski definition) is 1. The molecule has 0 aliphatic carbocycles. The quantitative estimate of drug-likeness (QED) is 0.671. The molecule has 2 aromatic carbocycles.